The molecular weight excluding hydrogens is 270 g/mol. The first kappa shape index (κ1) is 14.7. The van der Waals surface area contributed by atoms with Crippen molar-refractivity contribution in [2.45, 2.75) is 19.6 Å². The van der Waals surface area contributed by atoms with Gasteiger partial charge in [0.25, 0.3) is 5.91 Å². The maximum atomic E-state index is 12.0. The summed E-state index contributed by atoms with van der Waals surface area (Å²) in [6, 6.07) is 9.63. The van der Waals surface area contributed by atoms with Crippen LogP contribution in [0.25, 0.3) is 0 Å². The summed E-state index contributed by atoms with van der Waals surface area (Å²) >= 11 is 1.75. The summed E-state index contributed by atoms with van der Waals surface area (Å²) < 4.78 is 5.25. The van der Waals surface area contributed by atoms with Gasteiger partial charge in [-0.25, -0.2) is 0 Å². The van der Waals surface area contributed by atoms with Crippen LogP contribution in [0.1, 0.15) is 27.2 Å². The van der Waals surface area contributed by atoms with Crippen LogP contribution in [0.15, 0.2) is 41.0 Å². The molecule has 0 fully saturated rings. The third-order valence-electron chi connectivity index (χ3n) is 3.13. The summed E-state index contributed by atoms with van der Waals surface area (Å²) in [5, 5.41) is 2.94. The maximum absolute atomic E-state index is 12.0. The average Bonchev–Trinajstić information content (AvgIpc) is 2.94. The maximum Gasteiger partial charge on any atom is 0.251 e. The fourth-order valence-electron chi connectivity index (χ4n) is 1.79. The van der Waals surface area contributed by atoms with Gasteiger partial charge < -0.3 is 9.73 Å². The molecule has 20 heavy (non-hydrogen) atoms. The second-order valence-electron chi connectivity index (χ2n) is 4.69. The summed E-state index contributed by atoms with van der Waals surface area (Å²) in [4.78, 5) is 12.0. The fraction of sp³-hybridized carbons (Fsp3) is 0.312. The van der Waals surface area contributed by atoms with Gasteiger partial charge in [-0.05, 0) is 49.2 Å². The summed E-state index contributed by atoms with van der Waals surface area (Å²) in [6.45, 7) is 4.73. The van der Waals surface area contributed by atoms with E-state index in [4.69, 9.17) is 4.42 Å². The molecular formula is C16H19NO2S. The molecule has 0 saturated heterocycles. The molecule has 3 nitrogen and oxygen atoms in total. The molecule has 1 heterocycles. The minimum absolute atomic E-state index is 0.00769. The lowest BCUT2D eigenvalue weighted by Crippen LogP contribution is -2.25. The largest absolute Gasteiger partial charge is 0.468 e. The number of carbonyl (C=O) groups excluding carboxylic acids is 1. The van der Waals surface area contributed by atoms with Crippen molar-refractivity contribution in [1.82, 2.24) is 5.32 Å². The lowest BCUT2D eigenvalue weighted by molar-refractivity contribution is 0.0956. The molecule has 0 aliphatic heterocycles. The van der Waals surface area contributed by atoms with Gasteiger partial charge in [0, 0.05) is 17.9 Å². The van der Waals surface area contributed by atoms with Crippen molar-refractivity contribution < 1.29 is 9.21 Å². The molecule has 0 aliphatic carbocycles. The summed E-state index contributed by atoms with van der Waals surface area (Å²) in [6.07, 6.45) is 1.68. The van der Waals surface area contributed by atoms with E-state index >= 15 is 0 Å². The number of rotatable bonds is 6. The van der Waals surface area contributed by atoms with Gasteiger partial charge in [-0.2, -0.15) is 11.8 Å². The van der Waals surface area contributed by atoms with E-state index in [9.17, 15) is 4.79 Å². The minimum atomic E-state index is -0.00769. The Morgan fingerprint density at radius 2 is 2.10 bits per heavy atom. The topological polar surface area (TPSA) is 42.2 Å². The van der Waals surface area contributed by atoms with E-state index in [1.54, 1.807) is 18.0 Å². The minimum Gasteiger partial charge on any atom is -0.468 e. The Balaban J connectivity index is 1.70. The number of furan rings is 1. The lowest BCUT2D eigenvalue weighted by Gasteiger charge is -2.07. The Bertz CT molecular complexity index is 564. The first-order chi connectivity index (χ1) is 9.66. The predicted octanol–water partition coefficient (Wildman–Crippen LogP) is 3.56. The van der Waals surface area contributed by atoms with Gasteiger partial charge >= 0.3 is 0 Å². The monoisotopic (exact) mass is 289 g/mol. The highest BCUT2D eigenvalue weighted by atomic mass is 32.2. The predicted molar refractivity (Wildman–Crippen MR) is 83.1 cm³/mol. The number of thioether (sulfide) groups is 1. The van der Waals surface area contributed by atoms with Gasteiger partial charge in [0.2, 0.25) is 0 Å². The van der Waals surface area contributed by atoms with Crippen LogP contribution in [0, 0.1) is 13.8 Å². The van der Waals surface area contributed by atoms with E-state index in [0.29, 0.717) is 6.54 Å². The molecule has 0 saturated carbocycles. The van der Waals surface area contributed by atoms with Gasteiger partial charge in [-0.15, -0.1) is 0 Å². The molecule has 2 rings (SSSR count). The zero-order valence-corrected chi connectivity index (χ0v) is 12.6. The third-order valence-corrected chi connectivity index (χ3v) is 4.11. The van der Waals surface area contributed by atoms with Crippen molar-refractivity contribution >= 4 is 17.7 Å². The van der Waals surface area contributed by atoms with Crippen molar-refractivity contribution in [2.24, 2.45) is 0 Å². The van der Waals surface area contributed by atoms with E-state index < -0.39 is 0 Å². The van der Waals surface area contributed by atoms with Crippen molar-refractivity contribution in [2.75, 3.05) is 12.3 Å². The van der Waals surface area contributed by atoms with Crippen LogP contribution < -0.4 is 5.32 Å². The van der Waals surface area contributed by atoms with Crippen LogP contribution >= 0.6 is 11.8 Å². The molecule has 0 aliphatic rings. The Labute approximate surface area is 123 Å². The molecule has 4 heteroatoms. The lowest BCUT2D eigenvalue weighted by atomic mass is 10.1. The second-order valence-corrected chi connectivity index (χ2v) is 5.79. The molecule has 1 aromatic carbocycles. The molecule has 1 aromatic heterocycles. The Morgan fingerprint density at radius 3 is 2.80 bits per heavy atom. The fourth-order valence-corrected chi connectivity index (χ4v) is 2.55. The first-order valence-corrected chi connectivity index (χ1v) is 7.78. The van der Waals surface area contributed by atoms with Gasteiger partial charge in [-0.1, -0.05) is 6.07 Å². The van der Waals surface area contributed by atoms with E-state index in [-0.39, 0.29) is 5.91 Å². The molecule has 0 spiro atoms. The summed E-state index contributed by atoms with van der Waals surface area (Å²) in [7, 11) is 0. The Kier molecular flexibility index (Phi) is 5.30. The van der Waals surface area contributed by atoms with Gasteiger partial charge in [0.05, 0.1) is 12.0 Å². The van der Waals surface area contributed by atoms with Crippen molar-refractivity contribution in [3.8, 4) is 0 Å². The van der Waals surface area contributed by atoms with Gasteiger partial charge in [0.1, 0.15) is 5.76 Å². The highest BCUT2D eigenvalue weighted by Crippen LogP contribution is 2.12. The van der Waals surface area contributed by atoms with Crippen LogP contribution in [0.2, 0.25) is 0 Å². The van der Waals surface area contributed by atoms with E-state index in [0.717, 1.165) is 28.4 Å². The number of aryl methyl sites for hydroxylation is 2. The second kappa shape index (κ2) is 7.20. The molecule has 0 radical (unpaired) electrons. The van der Waals surface area contributed by atoms with Crippen molar-refractivity contribution in [3.63, 3.8) is 0 Å². The highest BCUT2D eigenvalue weighted by molar-refractivity contribution is 7.98. The Hall–Kier alpha value is -1.68. The SMILES string of the molecule is Cc1ccc(C(=O)NCCSCc2ccco2)cc1C. The van der Waals surface area contributed by atoms with E-state index in [1.807, 2.05) is 44.2 Å². The summed E-state index contributed by atoms with van der Waals surface area (Å²) in [5.74, 6) is 2.67. The summed E-state index contributed by atoms with van der Waals surface area (Å²) in [5.41, 5.74) is 3.07. The average molecular weight is 289 g/mol. The van der Waals surface area contributed by atoms with Crippen LogP contribution in [-0.4, -0.2) is 18.2 Å². The molecule has 0 atom stereocenters. The quantitative estimate of drug-likeness (QED) is 0.827. The van der Waals surface area contributed by atoms with Crippen LogP contribution in [0.5, 0.6) is 0 Å². The van der Waals surface area contributed by atoms with Crippen LogP contribution in [0.3, 0.4) is 0 Å². The number of nitrogens with one attached hydrogen (secondary N) is 1. The third kappa shape index (κ3) is 4.17. The van der Waals surface area contributed by atoms with Crippen LogP contribution in [0.4, 0.5) is 0 Å². The van der Waals surface area contributed by atoms with E-state index in [1.165, 1.54) is 5.56 Å². The smallest absolute Gasteiger partial charge is 0.251 e. The molecule has 1 N–H and O–H groups in total. The standard InChI is InChI=1S/C16H19NO2S/c1-12-5-6-14(10-13(12)2)16(18)17-7-9-20-11-15-4-3-8-19-15/h3-6,8,10H,7,9,11H2,1-2H3,(H,17,18). The van der Waals surface area contributed by atoms with E-state index in [2.05, 4.69) is 5.32 Å². The molecule has 0 unspecified atom stereocenters. The van der Waals surface area contributed by atoms with Crippen LogP contribution in [-0.2, 0) is 5.75 Å². The number of benzene rings is 1. The van der Waals surface area contributed by atoms with Crippen molar-refractivity contribution in [1.29, 1.82) is 0 Å². The zero-order chi connectivity index (χ0) is 14.4. The van der Waals surface area contributed by atoms with Gasteiger partial charge in [-0.3, -0.25) is 4.79 Å². The molecule has 2 aromatic rings. The molecule has 1 amide bonds. The number of hydrogen-bond donors (Lipinski definition) is 1. The van der Waals surface area contributed by atoms with Gasteiger partial charge in [0.15, 0.2) is 0 Å². The Morgan fingerprint density at radius 1 is 1.25 bits per heavy atom. The zero-order valence-electron chi connectivity index (χ0n) is 11.8. The number of hydrogen-bond acceptors (Lipinski definition) is 3. The molecule has 106 valence electrons. The number of amides is 1. The first-order valence-electron chi connectivity index (χ1n) is 6.62. The normalized spacial score (nSPS) is 10.5. The molecule has 0 bridgehead atoms. The van der Waals surface area contributed by atoms with Crippen molar-refractivity contribution in [3.05, 3.63) is 59.0 Å². The number of carbonyl (C=O) groups is 1. The highest BCUT2D eigenvalue weighted by Gasteiger charge is 2.05.